The highest BCUT2D eigenvalue weighted by Gasteiger charge is 2.31. The lowest BCUT2D eigenvalue weighted by molar-refractivity contribution is 0.202. The minimum absolute atomic E-state index is 0.00734. The van der Waals surface area contributed by atoms with Gasteiger partial charge in [-0.2, -0.15) is 0 Å². The Bertz CT molecular complexity index is 1380. The Morgan fingerprint density at radius 3 is 1.95 bits per heavy atom. The van der Waals surface area contributed by atoms with Gasteiger partial charge in [0.2, 0.25) is 0 Å². The summed E-state index contributed by atoms with van der Waals surface area (Å²) in [5.41, 5.74) is 5.07. The van der Waals surface area contributed by atoms with Gasteiger partial charge in [-0.3, -0.25) is 9.80 Å². The minimum Gasteiger partial charge on any atom is -0.369 e. The number of sulfone groups is 1. The third kappa shape index (κ3) is 7.48. The monoisotopic (exact) mass is 597 g/mol. The van der Waals surface area contributed by atoms with Gasteiger partial charge in [-0.05, 0) is 64.6 Å². The SMILES string of the molecule is CC(C)CN1CCN(c2cccc(CS(=O)(=O)C=C3CN(C(c4ccc(Cl)cc4)c4ccc(Cl)cc4)C3)c2)CC1. The smallest absolute Gasteiger partial charge is 0.175 e. The van der Waals surface area contributed by atoms with Crippen LogP contribution in [0.3, 0.4) is 0 Å². The summed E-state index contributed by atoms with van der Waals surface area (Å²) in [5.74, 6) is 0.674. The molecule has 5 rings (SSSR count). The first-order chi connectivity index (χ1) is 19.1. The zero-order valence-corrected chi connectivity index (χ0v) is 25.5. The van der Waals surface area contributed by atoms with E-state index in [2.05, 4.69) is 34.6 Å². The van der Waals surface area contributed by atoms with E-state index in [1.165, 1.54) is 5.41 Å². The maximum Gasteiger partial charge on any atom is 0.175 e. The number of hydrogen-bond donors (Lipinski definition) is 0. The number of rotatable bonds is 9. The Balaban J connectivity index is 1.24. The van der Waals surface area contributed by atoms with Crippen LogP contribution >= 0.6 is 23.2 Å². The minimum atomic E-state index is -3.40. The molecule has 2 heterocycles. The van der Waals surface area contributed by atoms with E-state index < -0.39 is 9.84 Å². The first kappa shape index (κ1) is 29.2. The fourth-order valence-electron chi connectivity index (χ4n) is 5.71. The molecule has 2 saturated heterocycles. The van der Waals surface area contributed by atoms with E-state index in [0.717, 1.165) is 60.7 Å². The molecule has 0 aliphatic carbocycles. The summed E-state index contributed by atoms with van der Waals surface area (Å²) in [6.07, 6.45) is 0. The number of nitrogens with zero attached hydrogens (tertiary/aromatic N) is 3. The fraction of sp³-hybridized carbons (Fsp3) is 0.375. The lowest BCUT2D eigenvalue weighted by Crippen LogP contribution is -2.47. The van der Waals surface area contributed by atoms with Crippen LogP contribution in [-0.4, -0.2) is 64.0 Å². The number of halogens is 2. The molecule has 0 radical (unpaired) electrons. The fourth-order valence-corrected chi connectivity index (χ4v) is 7.35. The third-order valence-electron chi connectivity index (χ3n) is 7.53. The number of piperazine rings is 1. The summed E-state index contributed by atoms with van der Waals surface area (Å²) in [6.45, 7) is 10.8. The van der Waals surface area contributed by atoms with Crippen molar-refractivity contribution in [2.45, 2.75) is 25.6 Å². The van der Waals surface area contributed by atoms with E-state index in [9.17, 15) is 8.42 Å². The van der Waals surface area contributed by atoms with E-state index in [-0.39, 0.29) is 11.8 Å². The molecule has 2 aliphatic rings. The molecular weight excluding hydrogens is 561 g/mol. The molecular formula is C32H37Cl2N3O2S. The van der Waals surface area contributed by atoms with Crippen LogP contribution in [0.1, 0.15) is 36.6 Å². The molecule has 0 atom stereocenters. The zero-order chi connectivity index (χ0) is 28.3. The molecule has 3 aromatic carbocycles. The second kappa shape index (κ2) is 12.7. The van der Waals surface area contributed by atoms with Gasteiger partial charge < -0.3 is 4.90 Å². The predicted octanol–water partition coefficient (Wildman–Crippen LogP) is 6.68. The first-order valence-corrected chi connectivity index (χ1v) is 16.4. The van der Waals surface area contributed by atoms with Gasteiger partial charge >= 0.3 is 0 Å². The Kier molecular flexibility index (Phi) is 9.23. The molecule has 0 N–H and O–H groups in total. The van der Waals surface area contributed by atoms with E-state index in [4.69, 9.17) is 23.2 Å². The maximum atomic E-state index is 13.2. The van der Waals surface area contributed by atoms with Gasteiger partial charge in [-0.25, -0.2) is 8.42 Å². The summed E-state index contributed by atoms with van der Waals surface area (Å²) < 4.78 is 26.4. The third-order valence-corrected chi connectivity index (χ3v) is 9.47. The van der Waals surface area contributed by atoms with Crippen molar-refractivity contribution in [2.75, 3.05) is 50.7 Å². The Labute approximate surface area is 248 Å². The number of likely N-dealkylation sites (tertiary alicyclic amines) is 1. The van der Waals surface area contributed by atoms with Gasteiger partial charge in [-0.1, -0.05) is 73.4 Å². The van der Waals surface area contributed by atoms with Crippen LogP contribution in [0.25, 0.3) is 0 Å². The summed E-state index contributed by atoms with van der Waals surface area (Å²) in [6, 6.07) is 23.7. The van der Waals surface area contributed by atoms with E-state index in [1.807, 2.05) is 66.7 Å². The lowest BCUT2D eigenvalue weighted by atomic mass is 9.93. The van der Waals surface area contributed by atoms with Gasteiger partial charge in [0.15, 0.2) is 9.84 Å². The van der Waals surface area contributed by atoms with Crippen molar-refractivity contribution >= 4 is 38.7 Å². The second-order valence-electron chi connectivity index (χ2n) is 11.3. The van der Waals surface area contributed by atoms with Crippen molar-refractivity contribution in [3.8, 4) is 0 Å². The topological polar surface area (TPSA) is 43.9 Å². The van der Waals surface area contributed by atoms with Crippen LogP contribution < -0.4 is 4.90 Å². The zero-order valence-electron chi connectivity index (χ0n) is 23.1. The average molecular weight is 599 g/mol. The molecule has 2 fully saturated rings. The van der Waals surface area contributed by atoms with Crippen molar-refractivity contribution in [2.24, 2.45) is 5.92 Å². The molecule has 0 aromatic heterocycles. The number of anilines is 1. The molecule has 0 unspecified atom stereocenters. The van der Waals surface area contributed by atoms with Crippen molar-refractivity contribution < 1.29 is 8.42 Å². The van der Waals surface area contributed by atoms with E-state index in [0.29, 0.717) is 29.1 Å². The predicted molar refractivity (Wildman–Crippen MR) is 167 cm³/mol. The van der Waals surface area contributed by atoms with E-state index in [1.54, 1.807) is 0 Å². The van der Waals surface area contributed by atoms with Gasteiger partial charge in [0.25, 0.3) is 0 Å². The van der Waals surface area contributed by atoms with Crippen LogP contribution in [0, 0.1) is 5.92 Å². The summed E-state index contributed by atoms with van der Waals surface area (Å²) in [7, 11) is -3.40. The Hall–Kier alpha value is -2.35. The molecule has 0 saturated carbocycles. The van der Waals surface area contributed by atoms with Crippen LogP contribution in [0.4, 0.5) is 5.69 Å². The van der Waals surface area contributed by atoms with Gasteiger partial charge in [0.05, 0.1) is 11.8 Å². The number of hydrogen-bond acceptors (Lipinski definition) is 5. The van der Waals surface area contributed by atoms with Crippen molar-refractivity contribution in [1.82, 2.24) is 9.80 Å². The first-order valence-electron chi connectivity index (χ1n) is 13.9. The van der Waals surface area contributed by atoms with Gasteiger partial charge in [-0.15, -0.1) is 0 Å². The summed E-state index contributed by atoms with van der Waals surface area (Å²) in [5, 5.41) is 2.86. The number of benzene rings is 3. The van der Waals surface area contributed by atoms with Crippen LogP contribution in [0.2, 0.25) is 10.0 Å². The van der Waals surface area contributed by atoms with Crippen molar-refractivity contribution in [3.63, 3.8) is 0 Å². The van der Waals surface area contributed by atoms with Crippen LogP contribution in [0.5, 0.6) is 0 Å². The summed E-state index contributed by atoms with van der Waals surface area (Å²) in [4.78, 5) is 7.14. The molecule has 3 aromatic rings. The van der Waals surface area contributed by atoms with Gasteiger partial charge in [0, 0.05) is 67.0 Å². The highest BCUT2D eigenvalue weighted by atomic mass is 35.5. The standard InChI is InChI=1S/C32H37Cl2N3O2S/c1-24(2)19-35-14-16-36(17-15-35)31-5-3-4-25(18-31)22-40(38,39)23-26-20-37(21-26)32(27-6-10-29(33)11-7-27)28-8-12-30(34)13-9-28/h3-13,18,23-24,32H,14-17,19-22H2,1-2H3. The Morgan fingerprint density at radius 1 is 0.825 bits per heavy atom. The van der Waals surface area contributed by atoms with Gasteiger partial charge in [0.1, 0.15) is 0 Å². The second-order valence-corrected chi connectivity index (χ2v) is 14.1. The lowest BCUT2D eigenvalue weighted by Gasteiger charge is -2.41. The molecule has 0 bridgehead atoms. The molecule has 40 heavy (non-hydrogen) atoms. The van der Waals surface area contributed by atoms with Crippen molar-refractivity contribution in [1.29, 1.82) is 0 Å². The molecule has 212 valence electrons. The molecule has 8 heteroatoms. The molecule has 5 nitrogen and oxygen atoms in total. The van der Waals surface area contributed by atoms with Crippen LogP contribution in [0.15, 0.2) is 83.8 Å². The quantitative estimate of drug-likeness (QED) is 0.275. The molecule has 0 amide bonds. The van der Waals surface area contributed by atoms with Crippen molar-refractivity contribution in [3.05, 3.63) is 111 Å². The molecule has 2 aliphatic heterocycles. The largest absolute Gasteiger partial charge is 0.369 e. The maximum absolute atomic E-state index is 13.2. The van der Waals surface area contributed by atoms with E-state index >= 15 is 0 Å². The highest BCUT2D eigenvalue weighted by molar-refractivity contribution is 7.93. The highest BCUT2D eigenvalue weighted by Crippen LogP contribution is 2.35. The normalized spacial score (nSPS) is 16.9. The average Bonchev–Trinajstić information content (AvgIpc) is 2.89. The van der Waals surface area contributed by atoms with Crippen LogP contribution in [-0.2, 0) is 15.6 Å². The Morgan fingerprint density at radius 2 is 1.40 bits per heavy atom. The summed E-state index contributed by atoms with van der Waals surface area (Å²) >= 11 is 12.3. The molecule has 0 spiro atoms.